The van der Waals surface area contributed by atoms with Crippen LogP contribution in [0.2, 0.25) is 0 Å². The number of carbonyl (C=O) groups is 3. The molecule has 0 aliphatic carbocycles. The van der Waals surface area contributed by atoms with E-state index in [4.69, 9.17) is 4.74 Å². The molecule has 0 fully saturated rings. The summed E-state index contributed by atoms with van der Waals surface area (Å²) in [6, 6.07) is 14.3. The fourth-order valence-corrected chi connectivity index (χ4v) is 2.62. The van der Waals surface area contributed by atoms with Crippen LogP contribution in [0.1, 0.15) is 59.5 Å². The van der Waals surface area contributed by atoms with Gasteiger partial charge in [0.15, 0.2) is 6.10 Å². The number of hydrogen-bond acceptors (Lipinski definition) is 4. The van der Waals surface area contributed by atoms with Crippen LogP contribution in [0.25, 0.3) is 0 Å². The van der Waals surface area contributed by atoms with Crippen molar-refractivity contribution in [2.45, 2.75) is 46.1 Å². The third kappa shape index (κ3) is 5.78. The Hall–Kier alpha value is -2.95. The maximum atomic E-state index is 12.5. The number of carbonyl (C=O) groups excluding carboxylic acids is 3. The maximum absolute atomic E-state index is 12.5. The minimum Gasteiger partial charge on any atom is -0.453 e. The summed E-state index contributed by atoms with van der Waals surface area (Å²) in [4.78, 5) is 36.5. The molecule has 0 unspecified atom stereocenters. The number of hydrogen-bond donors (Lipinski definition) is 1. The lowest BCUT2D eigenvalue weighted by Crippen LogP contribution is -2.34. The molecular weight excluding hydrogens is 354 g/mol. The number of nitrogens with one attached hydrogen (secondary N) is 1. The van der Waals surface area contributed by atoms with Gasteiger partial charge in [-0.25, -0.2) is 0 Å². The van der Waals surface area contributed by atoms with E-state index < -0.39 is 12.1 Å². The molecular formula is C23H27NO4. The summed E-state index contributed by atoms with van der Waals surface area (Å²) in [5.41, 5.74) is 3.10. The smallest absolute Gasteiger partial charge is 0.326 e. The number of ketones is 1. The van der Waals surface area contributed by atoms with Crippen LogP contribution in [-0.4, -0.2) is 30.3 Å². The van der Waals surface area contributed by atoms with Crippen molar-refractivity contribution in [1.29, 1.82) is 0 Å². The predicted molar refractivity (Wildman–Crippen MR) is 109 cm³/mol. The van der Waals surface area contributed by atoms with Crippen molar-refractivity contribution in [1.82, 2.24) is 5.32 Å². The van der Waals surface area contributed by atoms with Gasteiger partial charge in [-0.3, -0.25) is 14.4 Å². The standard InChI is InChI=1S/C23H27NO4/c1-15-6-8-18(9-7-15)22(27)24-14-20(25)28-16(2)21(26)17-10-12-19(13-11-17)23(3,4)5/h6-13,16H,14H2,1-5H3,(H,24,27)/t16-/m1/s1. The van der Waals surface area contributed by atoms with Crippen LogP contribution in [-0.2, 0) is 14.9 Å². The average molecular weight is 381 g/mol. The van der Waals surface area contributed by atoms with Gasteiger partial charge in [-0.1, -0.05) is 62.7 Å². The van der Waals surface area contributed by atoms with Crippen molar-refractivity contribution >= 4 is 17.7 Å². The van der Waals surface area contributed by atoms with E-state index in [1.54, 1.807) is 24.3 Å². The lowest BCUT2D eigenvalue weighted by atomic mass is 9.86. The van der Waals surface area contributed by atoms with E-state index >= 15 is 0 Å². The predicted octanol–water partition coefficient (Wildman–Crippen LogP) is 3.84. The second-order valence-corrected chi connectivity index (χ2v) is 7.87. The summed E-state index contributed by atoms with van der Waals surface area (Å²) in [7, 11) is 0. The van der Waals surface area contributed by atoms with Gasteiger partial charge in [-0.05, 0) is 37.0 Å². The van der Waals surface area contributed by atoms with Crippen molar-refractivity contribution in [3.05, 3.63) is 70.8 Å². The molecule has 0 saturated heterocycles. The Bertz CT molecular complexity index is 846. The van der Waals surface area contributed by atoms with Crippen molar-refractivity contribution in [3.8, 4) is 0 Å². The van der Waals surface area contributed by atoms with Crippen LogP contribution in [0.15, 0.2) is 48.5 Å². The summed E-state index contributed by atoms with van der Waals surface area (Å²) < 4.78 is 5.17. The number of rotatable bonds is 6. The quantitative estimate of drug-likeness (QED) is 0.610. The van der Waals surface area contributed by atoms with Gasteiger partial charge in [0.2, 0.25) is 5.78 Å². The van der Waals surface area contributed by atoms with Gasteiger partial charge in [0, 0.05) is 11.1 Å². The van der Waals surface area contributed by atoms with Gasteiger partial charge in [0.25, 0.3) is 5.91 Å². The van der Waals surface area contributed by atoms with Crippen LogP contribution in [0.4, 0.5) is 0 Å². The first kappa shape index (κ1) is 21.4. The molecule has 28 heavy (non-hydrogen) atoms. The monoisotopic (exact) mass is 381 g/mol. The highest BCUT2D eigenvalue weighted by atomic mass is 16.5. The summed E-state index contributed by atoms with van der Waals surface area (Å²) in [5.74, 6) is -1.31. The summed E-state index contributed by atoms with van der Waals surface area (Å²) >= 11 is 0. The van der Waals surface area contributed by atoms with Crippen molar-refractivity contribution in [2.75, 3.05) is 6.54 Å². The normalized spacial score (nSPS) is 12.2. The first-order chi connectivity index (χ1) is 13.1. The minimum absolute atomic E-state index is 0.00465. The topological polar surface area (TPSA) is 72.5 Å². The molecule has 1 atom stereocenters. The van der Waals surface area contributed by atoms with E-state index in [1.807, 2.05) is 31.2 Å². The zero-order chi connectivity index (χ0) is 20.9. The zero-order valence-electron chi connectivity index (χ0n) is 17.0. The van der Waals surface area contributed by atoms with Crippen LogP contribution in [0.3, 0.4) is 0 Å². The summed E-state index contributed by atoms with van der Waals surface area (Å²) in [6.07, 6.45) is -0.927. The summed E-state index contributed by atoms with van der Waals surface area (Å²) in [6.45, 7) is 9.44. The van der Waals surface area contributed by atoms with Crippen LogP contribution in [0, 0.1) is 6.92 Å². The van der Waals surface area contributed by atoms with E-state index in [2.05, 4.69) is 26.1 Å². The minimum atomic E-state index is -0.927. The first-order valence-electron chi connectivity index (χ1n) is 9.27. The van der Waals surface area contributed by atoms with E-state index in [-0.39, 0.29) is 23.7 Å². The molecule has 2 aromatic rings. The first-order valence-corrected chi connectivity index (χ1v) is 9.27. The molecule has 0 aliphatic rings. The zero-order valence-corrected chi connectivity index (χ0v) is 17.0. The summed E-state index contributed by atoms with van der Waals surface area (Å²) in [5, 5.41) is 2.50. The van der Waals surface area contributed by atoms with E-state index in [1.165, 1.54) is 6.92 Å². The third-order valence-electron chi connectivity index (χ3n) is 4.42. The Labute approximate surface area is 166 Å². The molecule has 1 N–H and O–H groups in total. The van der Waals surface area contributed by atoms with Crippen LogP contribution in [0.5, 0.6) is 0 Å². The molecule has 0 heterocycles. The Kier molecular flexibility index (Phi) is 6.73. The van der Waals surface area contributed by atoms with Gasteiger partial charge < -0.3 is 10.1 Å². The Morgan fingerprint density at radius 3 is 2.00 bits per heavy atom. The molecule has 5 heteroatoms. The highest BCUT2D eigenvalue weighted by Crippen LogP contribution is 2.22. The van der Waals surface area contributed by atoms with Gasteiger partial charge in [0.1, 0.15) is 6.54 Å². The Balaban J connectivity index is 1.88. The largest absolute Gasteiger partial charge is 0.453 e. The number of Topliss-reactive ketones (excluding diaryl/α,β-unsaturated/α-hetero) is 1. The molecule has 5 nitrogen and oxygen atoms in total. The molecule has 2 rings (SSSR count). The van der Waals surface area contributed by atoms with Gasteiger partial charge in [-0.2, -0.15) is 0 Å². The molecule has 0 aliphatic heterocycles. The second-order valence-electron chi connectivity index (χ2n) is 7.87. The number of amides is 1. The highest BCUT2D eigenvalue weighted by Gasteiger charge is 2.21. The molecule has 0 aromatic heterocycles. The highest BCUT2D eigenvalue weighted by molar-refractivity contribution is 6.00. The van der Waals surface area contributed by atoms with Crippen molar-refractivity contribution in [3.63, 3.8) is 0 Å². The SMILES string of the molecule is Cc1ccc(C(=O)NCC(=O)O[C@H](C)C(=O)c2ccc(C(C)(C)C)cc2)cc1. The molecule has 0 radical (unpaired) electrons. The Morgan fingerprint density at radius 1 is 0.929 bits per heavy atom. The molecule has 0 spiro atoms. The fourth-order valence-electron chi connectivity index (χ4n) is 2.62. The fraction of sp³-hybridized carbons (Fsp3) is 0.348. The maximum Gasteiger partial charge on any atom is 0.326 e. The third-order valence-corrected chi connectivity index (χ3v) is 4.42. The van der Waals surface area contributed by atoms with Gasteiger partial charge >= 0.3 is 5.97 Å². The molecule has 1 amide bonds. The van der Waals surface area contributed by atoms with Gasteiger partial charge in [-0.15, -0.1) is 0 Å². The molecule has 148 valence electrons. The van der Waals surface area contributed by atoms with Crippen LogP contribution >= 0.6 is 0 Å². The van der Waals surface area contributed by atoms with E-state index in [9.17, 15) is 14.4 Å². The lowest BCUT2D eigenvalue weighted by Gasteiger charge is -2.19. The lowest BCUT2D eigenvalue weighted by molar-refractivity contribution is -0.145. The molecule has 2 aromatic carbocycles. The second kappa shape index (κ2) is 8.83. The van der Waals surface area contributed by atoms with Crippen molar-refractivity contribution < 1.29 is 19.1 Å². The average Bonchev–Trinajstić information content (AvgIpc) is 2.65. The molecule has 0 saturated carbocycles. The van der Waals surface area contributed by atoms with E-state index in [0.29, 0.717) is 11.1 Å². The van der Waals surface area contributed by atoms with Crippen molar-refractivity contribution in [2.24, 2.45) is 0 Å². The molecule has 0 bridgehead atoms. The number of aryl methyl sites for hydroxylation is 1. The number of ether oxygens (including phenoxy) is 1. The van der Waals surface area contributed by atoms with E-state index in [0.717, 1.165) is 11.1 Å². The number of esters is 1. The van der Waals surface area contributed by atoms with Gasteiger partial charge in [0.05, 0.1) is 0 Å². The Morgan fingerprint density at radius 2 is 1.46 bits per heavy atom. The number of benzene rings is 2. The van der Waals surface area contributed by atoms with Crippen LogP contribution < -0.4 is 5.32 Å².